The van der Waals surface area contributed by atoms with Crippen molar-refractivity contribution in [3.8, 4) is 5.75 Å². The van der Waals surface area contributed by atoms with E-state index in [1.165, 1.54) is 17.5 Å². The van der Waals surface area contributed by atoms with Crippen LogP contribution in [0.5, 0.6) is 5.75 Å². The van der Waals surface area contributed by atoms with Gasteiger partial charge in [0.2, 0.25) is 0 Å². The Morgan fingerprint density at radius 2 is 1.84 bits per heavy atom. The second-order valence-corrected chi connectivity index (χ2v) is 6.16. The number of benzene rings is 2. The van der Waals surface area contributed by atoms with Gasteiger partial charge in [-0.05, 0) is 66.8 Å². The maximum atomic E-state index is 12.4. The van der Waals surface area contributed by atoms with Crippen LogP contribution in [0, 0.1) is 0 Å². The van der Waals surface area contributed by atoms with E-state index in [0.717, 1.165) is 24.3 Å². The molecule has 0 saturated carbocycles. The second-order valence-electron chi connectivity index (χ2n) is 6.16. The molecule has 3 aromatic rings. The predicted molar refractivity (Wildman–Crippen MR) is 95.9 cm³/mol. The van der Waals surface area contributed by atoms with E-state index in [-0.39, 0.29) is 18.3 Å². The van der Waals surface area contributed by atoms with E-state index in [1.807, 2.05) is 36.4 Å². The molecule has 0 atom stereocenters. The van der Waals surface area contributed by atoms with Crippen molar-refractivity contribution in [2.45, 2.75) is 25.9 Å². The summed E-state index contributed by atoms with van der Waals surface area (Å²) in [6.45, 7) is 0.288. The number of carbonyl (C=O) groups excluding carboxylic acids is 1. The zero-order valence-electron chi connectivity index (χ0n) is 13.8. The molecule has 4 rings (SSSR count). The standard InChI is InChI=1S/C21H19NO3/c23-21(22-17-10-9-15-5-4-6-16(15)13-17)20-12-11-19(25-20)14-24-18-7-2-1-3-8-18/h1-3,7-13H,4-6,14H2,(H,22,23). The quantitative estimate of drug-likeness (QED) is 0.742. The number of amides is 1. The number of rotatable bonds is 5. The minimum atomic E-state index is -0.246. The molecule has 0 spiro atoms. The number of anilines is 1. The Balaban J connectivity index is 1.38. The highest BCUT2D eigenvalue weighted by Gasteiger charge is 2.15. The van der Waals surface area contributed by atoms with Crippen molar-refractivity contribution in [1.29, 1.82) is 0 Å². The third-order valence-corrected chi connectivity index (χ3v) is 4.37. The lowest BCUT2D eigenvalue weighted by Gasteiger charge is -2.06. The van der Waals surface area contributed by atoms with Crippen molar-refractivity contribution in [1.82, 2.24) is 0 Å². The monoisotopic (exact) mass is 333 g/mol. The molecule has 1 aliphatic rings. The van der Waals surface area contributed by atoms with E-state index >= 15 is 0 Å². The van der Waals surface area contributed by atoms with Gasteiger partial charge in [-0.25, -0.2) is 0 Å². The smallest absolute Gasteiger partial charge is 0.291 e. The minimum Gasteiger partial charge on any atom is -0.486 e. The van der Waals surface area contributed by atoms with Crippen LogP contribution in [-0.4, -0.2) is 5.91 Å². The first kappa shape index (κ1) is 15.5. The lowest BCUT2D eigenvalue weighted by molar-refractivity contribution is 0.0992. The molecule has 1 amide bonds. The fourth-order valence-corrected chi connectivity index (χ4v) is 3.09. The number of hydrogen-bond donors (Lipinski definition) is 1. The Bertz CT molecular complexity index is 883. The first-order chi connectivity index (χ1) is 12.3. The van der Waals surface area contributed by atoms with Crippen LogP contribution < -0.4 is 10.1 Å². The van der Waals surface area contributed by atoms with Gasteiger partial charge in [0.15, 0.2) is 5.76 Å². The van der Waals surface area contributed by atoms with Crippen molar-refractivity contribution >= 4 is 11.6 Å². The van der Waals surface area contributed by atoms with Gasteiger partial charge in [-0.1, -0.05) is 24.3 Å². The molecule has 4 heteroatoms. The fourth-order valence-electron chi connectivity index (χ4n) is 3.09. The molecule has 4 nitrogen and oxygen atoms in total. The summed E-state index contributed by atoms with van der Waals surface area (Å²) >= 11 is 0. The van der Waals surface area contributed by atoms with E-state index < -0.39 is 0 Å². The SMILES string of the molecule is O=C(Nc1ccc2c(c1)CCC2)c1ccc(COc2ccccc2)o1. The summed E-state index contributed by atoms with van der Waals surface area (Å²) < 4.78 is 11.2. The number of hydrogen-bond acceptors (Lipinski definition) is 3. The summed E-state index contributed by atoms with van der Waals surface area (Å²) in [6.07, 6.45) is 3.41. The molecule has 25 heavy (non-hydrogen) atoms. The Morgan fingerprint density at radius 1 is 1.00 bits per heavy atom. The van der Waals surface area contributed by atoms with Crippen molar-refractivity contribution in [3.63, 3.8) is 0 Å². The van der Waals surface area contributed by atoms with Crippen molar-refractivity contribution < 1.29 is 13.9 Å². The molecule has 0 aliphatic heterocycles. The third-order valence-electron chi connectivity index (χ3n) is 4.37. The van der Waals surface area contributed by atoms with Gasteiger partial charge < -0.3 is 14.5 Å². The number of para-hydroxylation sites is 1. The molecule has 1 heterocycles. The van der Waals surface area contributed by atoms with Crippen LogP contribution in [0.2, 0.25) is 0 Å². The molecule has 2 aromatic carbocycles. The Hall–Kier alpha value is -3.01. The molecule has 1 aromatic heterocycles. The first-order valence-corrected chi connectivity index (χ1v) is 8.48. The van der Waals surface area contributed by atoms with Gasteiger partial charge in [-0.2, -0.15) is 0 Å². The van der Waals surface area contributed by atoms with Gasteiger partial charge in [0.25, 0.3) is 5.91 Å². The average Bonchev–Trinajstić information content (AvgIpc) is 3.30. The first-order valence-electron chi connectivity index (χ1n) is 8.48. The molecular weight excluding hydrogens is 314 g/mol. The Labute approximate surface area is 146 Å². The number of furan rings is 1. The van der Waals surface area contributed by atoms with E-state index in [2.05, 4.69) is 17.4 Å². The number of nitrogens with one attached hydrogen (secondary N) is 1. The van der Waals surface area contributed by atoms with Crippen LogP contribution in [0.1, 0.15) is 33.9 Å². The highest BCUT2D eigenvalue weighted by Crippen LogP contribution is 2.25. The summed E-state index contributed by atoms with van der Waals surface area (Å²) in [5.41, 5.74) is 3.52. The van der Waals surface area contributed by atoms with Crippen LogP contribution in [0.4, 0.5) is 5.69 Å². The summed E-state index contributed by atoms with van der Waals surface area (Å²) in [4.78, 5) is 12.4. The van der Waals surface area contributed by atoms with Crippen molar-refractivity contribution in [2.75, 3.05) is 5.32 Å². The summed E-state index contributed by atoms with van der Waals surface area (Å²) in [5, 5.41) is 2.90. The highest BCUT2D eigenvalue weighted by molar-refractivity contribution is 6.02. The molecular formula is C21H19NO3. The average molecular weight is 333 g/mol. The summed E-state index contributed by atoms with van der Waals surface area (Å²) in [7, 11) is 0. The number of fused-ring (bicyclic) bond motifs is 1. The third kappa shape index (κ3) is 3.58. The van der Waals surface area contributed by atoms with Gasteiger partial charge >= 0.3 is 0 Å². The maximum absolute atomic E-state index is 12.4. The molecule has 0 radical (unpaired) electrons. The van der Waals surface area contributed by atoms with Crippen LogP contribution >= 0.6 is 0 Å². The van der Waals surface area contributed by atoms with E-state index in [1.54, 1.807) is 12.1 Å². The molecule has 126 valence electrons. The van der Waals surface area contributed by atoms with Crippen LogP contribution in [0.25, 0.3) is 0 Å². The number of aryl methyl sites for hydroxylation is 2. The van der Waals surface area contributed by atoms with Crippen LogP contribution in [-0.2, 0) is 19.4 Å². The normalized spacial score (nSPS) is 12.6. The lowest BCUT2D eigenvalue weighted by Crippen LogP contribution is -2.11. The van der Waals surface area contributed by atoms with Crippen molar-refractivity contribution in [2.24, 2.45) is 0 Å². The molecule has 0 unspecified atom stereocenters. The largest absolute Gasteiger partial charge is 0.486 e. The minimum absolute atomic E-state index is 0.246. The number of ether oxygens (including phenoxy) is 1. The van der Waals surface area contributed by atoms with Crippen LogP contribution in [0.15, 0.2) is 65.1 Å². The molecule has 0 bridgehead atoms. The molecule has 1 aliphatic carbocycles. The van der Waals surface area contributed by atoms with E-state index in [0.29, 0.717) is 5.76 Å². The van der Waals surface area contributed by atoms with E-state index in [4.69, 9.17) is 9.15 Å². The Kier molecular flexibility index (Phi) is 4.25. The van der Waals surface area contributed by atoms with Crippen LogP contribution in [0.3, 0.4) is 0 Å². The van der Waals surface area contributed by atoms with Gasteiger partial charge in [0, 0.05) is 5.69 Å². The zero-order chi connectivity index (χ0) is 17.1. The molecule has 0 fully saturated rings. The Morgan fingerprint density at radius 3 is 2.72 bits per heavy atom. The number of carbonyl (C=O) groups is 1. The fraction of sp³-hybridized carbons (Fsp3) is 0.190. The topological polar surface area (TPSA) is 51.5 Å². The van der Waals surface area contributed by atoms with Gasteiger partial charge in [0.05, 0.1) is 0 Å². The van der Waals surface area contributed by atoms with E-state index in [9.17, 15) is 4.79 Å². The second kappa shape index (κ2) is 6.85. The molecule has 1 N–H and O–H groups in total. The lowest BCUT2D eigenvalue weighted by atomic mass is 10.1. The van der Waals surface area contributed by atoms with Gasteiger partial charge in [-0.3, -0.25) is 4.79 Å². The predicted octanol–water partition coefficient (Wildman–Crippen LogP) is 4.60. The summed E-state index contributed by atoms with van der Waals surface area (Å²) in [6, 6.07) is 19.1. The maximum Gasteiger partial charge on any atom is 0.291 e. The van der Waals surface area contributed by atoms with Crippen molar-refractivity contribution in [3.05, 3.63) is 83.3 Å². The summed E-state index contributed by atoms with van der Waals surface area (Å²) in [5.74, 6) is 1.42. The zero-order valence-corrected chi connectivity index (χ0v) is 13.8. The van der Waals surface area contributed by atoms with Gasteiger partial charge in [-0.15, -0.1) is 0 Å². The highest BCUT2D eigenvalue weighted by atomic mass is 16.5. The van der Waals surface area contributed by atoms with Gasteiger partial charge in [0.1, 0.15) is 18.1 Å². The molecule has 0 saturated heterocycles.